The van der Waals surface area contributed by atoms with Gasteiger partial charge in [0.2, 0.25) is 22.2 Å². The number of piperazine rings is 2. The molecular weight excluding hydrogens is 1040 g/mol. The van der Waals surface area contributed by atoms with E-state index in [1.165, 1.54) is 50.8 Å². The maximum absolute atomic E-state index is 14.8. The number of amides is 1. The number of hydrogen-bond donors (Lipinski definition) is 4. The van der Waals surface area contributed by atoms with E-state index in [1.807, 2.05) is 70.6 Å². The Kier molecular flexibility index (Phi) is 15.1. The summed E-state index contributed by atoms with van der Waals surface area (Å²) in [6.07, 6.45) is 14.2. The molecule has 77 heavy (non-hydrogen) atoms. The second kappa shape index (κ2) is 22.7. The number of aromatic amines is 2. The smallest absolute Gasteiger partial charge is 0.377 e. The number of nitrogens with zero attached hydrogens (tertiary/aromatic N) is 17. The molecule has 1 amide bonds. The predicted octanol–water partition coefficient (Wildman–Crippen LogP) is 4.07. The number of rotatable bonds is 12. The monoisotopic (exact) mass is 1080 g/mol. The molecule has 0 atom stereocenters. The molecule has 2 fully saturated rings. The normalized spacial score (nSPS) is 13.5. The topological polar surface area (TPSA) is 290 Å². The summed E-state index contributed by atoms with van der Waals surface area (Å²) in [6, 6.07) is 19.9. The molecule has 0 spiro atoms. The molecule has 0 radical (unpaired) electrons. The zero-order chi connectivity index (χ0) is 53.6. The molecular formula is C48H44F2N20O5S2. The molecule has 0 bridgehead atoms. The van der Waals surface area contributed by atoms with E-state index in [0.29, 0.717) is 37.3 Å². The molecule has 4 N–H and O–H groups in total. The molecule has 10 aromatic rings. The summed E-state index contributed by atoms with van der Waals surface area (Å²) in [7, 11) is 0. The summed E-state index contributed by atoms with van der Waals surface area (Å²) in [4.78, 5) is 77.2. The van der Waals surface area contributed by atoms with Crippen molar-refractivity contribution in [1.29, 1.82) is 0 Å². The van der Waals surface area contributed by atoms with Crippen LogP contribution in [0.25, 0.3) is 44.8 Å². The lowest BCUT2D eigenvalue weighted by molar-refractivity contribution is -0.131. The number of carboxylic acids is 1. The first-order valence-electron chi connectivity index (χ1n) is 23.5. The van der Waals surface area contributed by atoms with E-state index in [0.717, 1.165) is 67.2 Å². The van der Waals surface area contributed by atoms with Crippen molar-refractivity contribution in [2.24, 2.45) is 0 Å². The van der Waals surface area contributed by atoms with Gasteiger partial charge in [-0.2, -0.15) is 19.3 Å². The van der Waals surface area contributed by atoms with Crippen molar-refractivity contribution in [2.45, 2.75) is 10.3 Å². The van der Waals surface area contributed by atoms with Crippen molar-refractivity contribution >= 4 is 80.7 Å². The molecule has 0 aliphatic carbocycles. The highest BCUT2D eigenvalue weighted by Crippen LogP contribution is 2.29. The molecule has 2 saturated heterocycles. The second-order valence-electron chi connectivity index (χ2n) is 16.7. The second-order valence-corrected chi connectivity index (χ2v) is 18.3. The molecule has 2 aliphatic heterocycles. The third kappa shape index (κ3) is 10.6. The quantitative estimate of drug-likeness (QED) is 0.0762. The van der Waals surface area contributed by atoms with Gasteiger partial charge in [-0.1, -0.05) is 70.3 Å². The number of H-pyrrole nitrogens is 2. The average molecular weight is 1080 g/mol. The highest BCUT2D eigenvalue weighted by molar-refractivity contribution is 7.98. The molecule has 8 aromatic heterocycles. The van der Waals surface area contributed by atoms with Crippen LogP contribution in [0.4, 0.5) is 20.7 Å². The molecule has 10 heterocycles. The Morgan fingerprint density at radius 3 is 1.49 bits per heavy atom. The SMILES string of the molecule is CSc1nc(N2CCN(C(=O)C(=O)c3c[nH]c4c(-n5ccnn5)ncc(F)c34)CC2)n(-c2ccccc2)n1.CSc1nc(N2CCNCC2)n(-c2ccccc2)n1.O=C(O)C(=O)c1c[nH]c2c(-n3ccnn3)ncc(F)c12. The predicted molar refractivity (Wildman–Crippen MR) is 278 cm³/mol. The number of ketones is 2. The van der Waals surface area contributed by atoms with Crippen molar-refractivity contribution in [2.75, 3.05) is 74.7 Å². The zero-order valence-corrected chi connectivity index (χ0v) is 42.4. The summed E-state index contributed by atoms with van der Waals surface area (Å²) in [6.45, 7) is 5.46. The van der Waals surface area contributed by atoms with Gasteiger partial charge >= 0.3 is 5.97 Å². The van der Waals surface area contributed by atoms with Gasteiger partial charge in [0.05, 0.1) is 81.5 Å². The van der Waals surface area contributed by atoms with Crippen LogP contribution < -0.4 is 15.1 Å². The maximum Gasteiger partial charge on any atom is 0.377 e. The average Bonchev–Trinajstić information content (AvgIpc) is 4.39. The van der Waals surface area contributed by atoms with E-state index in [9.17, 15) is 28.0 Å². The van der Waals surface area contributed by atoms with Crippen LogP contribution in [0.5, 0.6) is 0 Å². The lowest BCUT2D eigenvalue weighted by Crippen LogP contribution is -2.51. The maximum atomic E-state index is 14.8. The first-order valence-corrected chi connectivity index (χ1v) is 26.0. The third-order valence-electron chi connectivity index (χ3n) is 12.2. The molecule has 2 aliphatic rings. The number of pyridine rings is 2. The number of aliphatic carboxylic acids is 1. The number of aromatic nitrogens is 16. The minimum Gasteiger partial charge on any atom is -0.475 e. The van der Waals surface area contributed by atoms with E-state index in [4.69, 9.17) is 5.11 Å². The lowest BCUT2D eigenvalue weighted by atomic mass is 10.1. The fourth-order valence-corrected chi connectivity index (χ4v) is 9.20. The summed E-state index contributed by atoms with van der Waals surface area (Å²) in [5, 5.41) is 37.5. The number of anilines is 2. The molecule has 2 aromatic carbocycles. The highest BCUT2D eigenvalue weighted by Gasteiger charge is 2.32. The number of thioether (sulfide) groups is 2. The Balaban J connectivity index is 0.000000145. The largest absolute Gasteiger partial charge is 0.475 e. The number of carbonyl (C=O) groups excluding carboxylic acids is 3. The molecule has 392 valence electrons. The summed E-state index contributed by atoms with van der Waals surface area (Å²) < 4.78 is 35.0. The van der Waals surface area contributed by atoms with Crippen molar-refractivity contribution in [3.8, 4) is 23.0 Å². The third-order valence-corrected chi connectivity index (χ3v) is 13.3. The minimum atomic E-state index is -1.66. The number of carbonyl (C=O) groups is 4. The highest BCUT2D eigenvalue weighted by atomic mass is 32.2. The van der Waals surface area contributed by atoms with Crippen LogP contribution in [-0.4, -0.2) is 178 Å². The van der Waals surface area contributed by atoms with E-state index in [2.05, 4.69) is 83.1 Å². The Morgan fingerprint density at radius 2 is 1.06 bits per heavy atom. The Hall–Kier alpha value is -9.22. The Labute approximate surface area is 442 Å². The number of fused-ring (bicyclic) bond motifs is 2. The summed E-state index contributed by atoms with van der Waals surface area (Å²) in [5.74, 6) is -3.77. The van der Waals surface area contributed by atoms with Gasteiger partial charge in [-0.3, -0.25) is 14.4 Å². The number of Topliss-reactive ketones (excluding diaryl/α,β-unsaturated/α-hetero) is 2. The minimum absolute atomic E-state index is 0.0111. The summed E-state index contributed by atoms with van der Waals surface area (Å²) >= 11 is 3.02. The molecule has 29 heteroatoms. The molecule has 0 saturated carbocycles. The van der Waals surface area contributed by atoms with Gasteiger partial charge in [-0.15, -0.1) is 20.4 Å². The van der Waals surface area contributed by atoms with Gasteiger partial charge < -0.3 is 35.1 Å². The summed E-state index contributed by atoms with van der Waals surface area (Å²) in [5.41, 5.74) is 2.03. The standard InChI is InChI=1S/C24H21FN10O2S.C13H17N5S.C11H6FN5O3/c1-38-23-29-24(35(30-23)15-5-3-2-4-6-15)33-11-9-32(10-12-33)22(37)20(36)16-13-26-19-18(16)17(25)14-27-21(19)34-8-7-28-31-34;1-19-12-15-13(17-9-7-14-8-10-17)18(16-12)11-5-3-2-4-6-11;12-6-4-14-10(17-2-1-15-16-17)8-7(6)5(3-13-8)9(18)11(19)20/h2-8,13-14,26H,9-12H2,1H3;2-6,14H,7-10H2,1H3;1-4,13H,(H,19,20). The van der Waals surface area contributed by atoms with Crippen molar-refractivity contribution in [1.82, 2.24) is 89.7 Å². The molecule has 12 rings (SSSR count). The van der Waals surface area contributed by atoms with E-state index >= 15 is 0 Å². The number of halogens is 2. The van der Waals surface area contributed by atoms with Crippen LogP contribution in [0.2, 0.25) is 0 Å². The number of hydrogen-bond acceptors (Lipinski definition) is 19. The Bertz CT molecular complexity index is 3710. The van der Waals surface area contributed by atoms with Crippen LogP contribution >= 0.6 is 23.5 Å². The van der Waals surface area contributed by atoms with Gasteiger partial charge in [-0.25, -0.2) is 32.9 Å². The van der Waals surface area contributed by atoms with Gasteiger partial charge in [0, 0.05) is 64.8 Å². The fraction of sp³-hybridized carbons (Fsp3) is 0.208. The van der Waals surface area contributed by atoms with Crippen LogP contribution in [-0.2, 0) is 9.59 Å². The molecule has 25 nitrogen and oxygen atoms in total. The van der Waals surface area contributed by atoms with Crippen molar-refractivity contribution < 1.29 is 33.1 Å². The first kappa shape index (κ1) is 51.3. The number of para-hydroxylation sites is 2. The van der Waals surface area contributed by atoms with Crippen LogP contribution in [0, 0.1) is 11.6 Å². The van der Waals surface area contributed by atoms with E-state index in [-0.39, 0.29) is 44.6 Å². The van der Waals surface area contributed by atoms with Gasteiger partial charge in [-0.05, 0) is 36.8 Å². The van der Waals surface area contributed by atoms with Gasteiger partial charge in [0.15, 0.2) is 23.3 Å². The van der Waals surface area contributed by atoms with Crippen LogP contribution in [0.1, 0.15) is 20.7 Å². The number of benzene rings is 2. The van der Waals surface area contributed by atoms with Crippen molar-refractivity contribution in [3.05, 3.63) is 133 Å². The van der Waals surface area contributed by atoms with Gasteiger partial charge in [0.25, 0.3) is 17.5 Å². The van der Waals surface area contributed by atoms with Crippen molar-refractivity contribution in [3.63, 3.8) is 0 Å². The van der Waals surface area contributed by atoms with E-state index in [1.54, 1.807) is 22.6 Å². The zero-order valence-electron chi connectivity index (χ0n) is 40.8. The van der Waals surface area contributed by atoms with Crippen LogP contribution in [0.15, 0.2) is 121 Å². The molecule has 0 unspecified atom stereocenters. The number of carboxylic acid groups (broad SMARTS) is 1. The Morgan fingerprint density at radius 1 is 0.610 bits per heavy atom. The van der Waals surface area contributed by atoms with Crippen LogP contribution in [0.3, 0.4) is 0 Å². The number of nitrogens with one attached hydrogen (secondary N) is 3. The first-order chi connectivity index (χ1) is 37.5. The fourth-order valence-electron chi connectivity index (χ4n) is 8.52. The van der Waals surface area contributed by atoms with Gasteiger partial charge in [0.1, 0.15) is 0 Å². The van der Waals surface area contributed by atoms with E-state index < -0.39 is 35.1 Å². The lowest BCUT2D eigenvalue weighted by Gasteiger charge is -2.34.